The van der Waals surface area contributed by atoms with Crippen LogP contribution in [0.1, 0.15) is 28.1 Å². The fourth-order valence-electron chi connectivity index (χ4n) is 2.97. The first-order valence-corrected chi connectivity index (χ1v) is 9.84. The molecule has 0 bridgehead atoms. The van der Waals surface area contributed by atoms with Crippen LogP contribution >= 0.6 is 11.3 Å². The van der Waals surface area contributed by atoms with Crippen molar-refractivity contribution >= 4 is 28.7 Å². The molecule has 0 unspecified atom stereocenters. The van der Waals surface area contributed by atoms with Crippen molar-refractivity contribution in [1.29, 1.82) is 0 Å². The highest BCUT2D eigenvalue weighted by Crippen LogP contribution is 2.15. The average molecular weight is 372 g/mol. The van der Waals surface area contributed by atoms with E-state index < -0.39 is 0 Å². The summed E-state index contributed by atoms with van der Waals surface area (Å²) >= 11 is 1.41. The SMILES string of the molecule is CN1CCN(Cc2ccc(NC(=O)CCC(=O)c3cccs3)cc2)CC1. The molecule has 0 spiro atoms. The molecule has 1 fully saturated rings. The van der Waals surface area contributed by atoms with Crippen LogP contribution in [0.4, 0.5) is 5.69 Å². The van der Waals surface area contributed by atoms with Crippen molar-refractivity contribution in [2.75, 3.05) is 38.5 Å². The lowest BCUT2D eigenvalue weighted by Crippen LogP contribution is -2.43. The lowest BCUT2D eigenvalue weighted by Gasteiger charge is -2.32. The zero-order valence-electron chi connectivity index (χ0n) is 15.1. The summed E-state index contributed by atoms with van der Waals surface area (Å²) in [4.78, 5) is 29.5. The number of nitrogens with zero attached hydrogens (tertiary/aromatic N) is 2. The fraction of sp³-hybridized carbons (Fsp3) is 0.400. The van der Waals surface area contributed by atoms with Gasteiger partial charge in [0.25, 0.3) is 0 Å². The summed E-state index contributed by atoms with van der Waals surface area (Å²) in [5.74, 6) is -0.0978. The third-order valence-corrected chi connectivity index (χ3v) is 5.53. The second-order valence-corrected chi connectivity index (χ2v) is 7.67. The maximum absolute atomic E-state index is 12.0. The molecular formula is C20H25N3O2S. The van der Waals surface area contributed by atoms with E-state index in [4.69, 9.17) is 0 Å². The van der Waals surface area contributed by atoms with Crippen molar-refractivity contribution in [2.24, 2.45) is 0 Å². The van der Waals surface area contributed by atoms with Crippen LogP contribution in [0.25, 0.3) is 0 Å². The molecule has 1 aliphatic rings. The van der Waals surface area contributed by atoms with Gasteiger partial charge in [-0.05, 0) is 36.2 Å². The number of hydrogen-bond donors (Lipinski definition) is 1. The Morgan fingerprint density at radius 2 is 1.77 bits per heavy atom. The Balaban J connectivity index is 1.43. The van der Waals surface area contributed by atoms with Gasteiger partial charge in [-0.15, -0.1) is 11.3 Å². The third-order valence-electron chi connectivity index (χ3n) is 4.61. The molecule has 6 heteroatoms. The van der Waals surface area contributed by atoms with Crippen LogP contribution in [0.2, 0.25) is 0 Å². The summed E-state index contributed by atoms with van der Waals surface area (Å²) in [6.07, 6.45) is 0.452. The van der Waals surface area contributed by atoms with Gasteiger partial charge in [0.05, 0.1) is 4.88 Å². The zero-order valence-corrected chi connectivity index (χ0v) is 15.9. The van der Waals surface area contributed by atoms with Gasteiger partial charge in [0, 0.05) is 51.3 Å². The molecule has 1 saturated heterocycles. The first-order chi connectivity index (χ1) is 12.6. The first-order valence-electron chi connectivity index (χ1n) is 8.96. The first kappa shape index (κ1) is 18.8. The van der Waals surface area contributed by atoms with Crippen molar-refractivity contribution < 1.29 is 9.59 Å². The van der Waals surface area contributed by atoms with Crippen molar-refractivity contribution in [2.45, 2.75) is 19.4 Å². The van der Waals surface area contributed by atoms with Gasteiger partial charge in [-0.25, -0.2) is 0 Å². The molecule has 2 heterocycles. The van der Waals surface area contributed by atoms with Crippen LogP contribution in [0.3, 0.4) is 0 Å². The number of nitrogens with one attached hydrogen (secondary N) is 1. The highest BCUT2D eigenvalue weighted by molar-refractivity contribution is 7.12. The number of Topliss-reactive ketones (excluding diaryl/α,β-unsaturated/α-hetero) is 1. The normalized spacial score (nSPS) is 15.7. The van der Waals surface area contributed by atoms with Crippen LogP contribution in [-0.4, -0.2) is 54.7 Å². The van der Waals surface area contributed by atoms with Gasteiger partial charge in [-0.3, -0.25) is 14.5 Å². The van der Waals surface area contributed by atoms with Crippen molar-refractivity contribution in [3.63, 3.8) is 0 Å². The van der Waals surface area contributed by atoms with Crippen molar-refractivity contribution in [3.05, 3.63) is 52.2 Å². The molecule has 1 aliphatic heterocycles. The third kappa shape index (κ3) is 5.49. The topological polar surface area (TPSA) is 52.6 Å². The van der Waals surface area contributed by atoms with Gasteiger partial charge >= 0.3 is 0 Å². The van der Waals surface area contributed by atoms with Gasteiger partial charge in [-0.1, -0.05) is 18.2 Å². The largest absolute Gasteiger partial charge is 0.326 e. The molecule has 5 nitrogen and oxygen atoms in total. The Kier molecular flexibility index (Phi) is 6.55. The molecule has 0 saturated carbocycles. The number of rotatable bonds is 7. The van der Waals surface area contributed by atoms with Gasteiger partial charge in [0.15, 0.2) is 5.78 Å². The molecule has 0 radical (unpaired) electrons. The van der Waals surface area contributed by atoms with Crippen LogP contribution in [0.15, 0.2) is 41.8 Å². The molecular weight excluding hydrogens is 346 g/mol. The van der Waals surface area contributed by atoms with Crippen molar-refractivity contribution in [3.8, 4) is 0 Å². The van der Waals surface area contributed by atoms with E-state index in [1.165, 1.54) is 16.9 Å². The molecule has 26 heavy (non-hydrogen) atoms. The summed E-state index contributed by atoms with van der Waals surface area (Å²) < 4.78 is 0. The van der Waals surface area contributed by atoms with E-state index in [9.17, 15) is 9.59 Å². The molecule has 138 valence electrons. The minimum Gasteiger partial charge on any atom is -0.326 e. The van der Waals surface area contributed by atoms with Crippen LogP contribution in [0, 0.1) is 0 Å². The van der Waals surface area contributed by atoms with Crippen LogP contribution in [-0.2, 0) is 11.3 Å². The number of thiophene rings is 1. The maximum Gasteiger partial charge on any atom is 0.224 e. The van der Waals surface area contributed by atoms with E-state index >= 15 is 0 Å². The lowest BCUT2D eigenvalue weighted by molar-refractivity contribution is -0.116. The van der Waals surface area contributed by atoms with Crippen molar-refractivity contribution in [1.82, 2.24) is 9.80 Å². The second kappa shape index (κ2) is 9.07. The van der Waals surface area contributed by atoms with Gasteiger partial charge in [0.1, 0.15) is 0 Å². The Morgan fingerprint density at radius 3 is 2.42 bits per heavy atom. The molecule has 1 aromatic carbocycles. The zero-order chi connectivity index (χ0) is 18.4. The Hall–Kier alpha value is -2.02. The minimum absolute atomic E-state index is 0.0256. The van der Waals surface area contributed by atoms with E-state index in [1.807, 2.05) is 23.6 Å². The smallest absolute Gasteiger partial charge is 0.224 e. The number of ketones is 1. The number of anilines is 1. The number of likely N-dealkylation sites (N-methyl/N-ethyl adjacent to an activating group) is 1. The fourth-order valence-corrected chi connectivity index (χ4v) is 3.66. The number of piperazine rings is 1. The molecule has 0 aliphatic carbocycles. The molecule has 3 rings (SSSR count). The molecule has 1 aromatic heterocycles. The lowest BCUT2D eigenvalue weighted by atomic mass is 10.1. The van der Waals surface area contributed by atoms with Gasteiger partial charge in [-0.2, -0.15) is 0 Å². The summed E-state index contributed by atoms with van der Waals surface area (Å²) in [5, 5.41) is 4.74. The van der Waals surface area contributed by atoms with Gasteiger partial charge < -0.3 is 10.2 Å². The summed E-state index contributed by atoms with van der Waals surface area (Å²) in [6.45, 7) is 5.34. The second-order valence-electron chi connectivity index (χ2n) is 6.73. The molecule has 1 amide bonds. The van der Waals surface area contributed by atoms with E-state index in [2.05, 4.69) is 34.3 Å². The number of carbonyl (C=O) groups excluding carboxylic acids is 2. The number of hydrogen-bond acceptors (Lipinski definition) is 5. The van der Waals surface area contributed by atoms with E-state index in [-0.39, 0.29) is 24.5 Å². The standard InChI is InChI=1S/C20H25N3O2S/c1-22-10-12-23(13-11-22)15-16-4-6-17(7-5-16)21-20(25)9-8-18(24)19-3-2-14-26-19/h2-7,14H,8-13,15H2,1H3,(H,21,25). The van der Waals surface area contributed by atoms with E-state index in [1.54, 1.807) is 6.07 Å². The summed E-state index contributed by atoms with van der Waals surface area (Å²) in [6, 6.07) is 11.6. The molecule has 0 atom stereocenters. The quantitative estimate of drug-likeness (QED) is 0.760. The van der Waals surface area contributed by atoms with Gasteiger partial charge in [0.2, 0.25) is 5.91 Å². The molecule has 1 N–H and O–H groups in total. The van der Waals surface area contributed by atoms with E-state index in [0.29, 0.717) is 4.88 Å². The Bertz CT molecular complexity index is 720. The number of carbonyl (C=O) groups is 2. The predicted octanol–water partition coefficient (Wildman–Crippen LogP) is 3.10. The highest BCUT2D eigenvalue weighted by atomic mass is 32.1. The predicted molar refractivity (Wildman–Crippen MR) is 106 cm³/mol. The number of amides is 1. The Labute approximate surface area is 158 Å². The average Bonchev–Trinajstić information content (AvgIpc) is 3.18. The monoisotopic (exact) mass is 371 g/mol. The van der Waals surface area contributed by atoms with Crippen LogP contribution < -0.4 is 5.32 Å². The van der Waals surface area contributed by atoms with E-state index in [0.717, 1.165) is 38.4 Å². The highest BCUT2D eigenvalue weighted by Gasteiger charge is 2.14. The summed E-state index contributed by atoms with van der Waals surface area (Å²) in [7, 11) is 2.16. The Morgan fingerprint density at radius 1 is 1.04 bits per heavy atom. The minimum atomic E-state index is -0.123. The number of benzene rings is 1. The maximum atomic E-state index is 12.0. The van der Waals surface area contributed by atoms with Crippen LogP contribution in [0.5, 0.6) is 0 Å². The summed E-state index contributed by atoms with van der Waals surface area (Å²) in [5.41, 5.74) is 2.03. The molecule has 2 aromatic rings.